The fourth-order valence-corrected chi connectivity index (χ4v) is 3.85. The molecule has 1 aliphatic carbocycles. The monoisotopic (exact) mass is 332 g/mol. The van der Waals surface area contributed by atoms with Crippen molar-refractivity contribution in [1.29, 1.82) is 0 Å². The van der Waals surface area contributed by atoms with E-state index in [0.29, 0.717) is 24.1 Å². The highest BCUT2D eigenvalue weighted by atomic mass is 16.2. The SMILES string of the molecule is CC(=O)c1cnn(CN2CCN(C(=O)CC3CCCC3)CC2)c1C. The second-order valence-corrected chi connectivity index (χ2v) is 7.19. The molecule has 0 unspecified atom stereocenters. The maximum atomic E-state index is 12.4. The summed E-state index contributed by atoms with van der Waals surface area (Å²) in [4.78, 5) is 28.2. The lowest BCUT2D eigenvalue weighted by Crippen LogP contribution is -2.49. The third-order valence-electron chi connectivity index (χ3n) is 5.48. The first kappa shape index (κ1) is 17.1. The molecule has 0 atom stereocenters. The second kappa shape index (κ2) is 7.47. The summed E-state index contributed by atoms with van der Waals surface area (Å²) in [7, 11) is 0. The largest absolute Gasteiger partial charge is 0.340 e. The molecule has 0 radical (unpaired) electrons. The van der Waals surface area contributed by atoms with Gasteiger partial charge in [-0.3, -0.25) is 19.2 Å². The van der Waals surface area contributed by atoms with Crippen LogP contribution in [0.3, 0.4) is 0 Å². The van der Waals surface area contributed by atoms with Gasteiger partial charge in [-0.05, 0) is 32.6 Å². The Hall–Kier alpha value is -1.69. The molecular weight excluding hydrogens is 304 g/mol. The topological polar surface area (TPSA) is 58.4 Å². The van der Waals surface area contributed by atoms with Crippen LogP contribution in [-0.2, 0) is 11.5 Å². The summed E-state index contributed by atoms with van der Waals surface area (Å²) in [5, 5.41) is 4.33. The van der Waals surface area contributed by atoms with Crippen molar-refractivity contribution in [2.24, 2.45) is 5.92 Å². The highest BCUT2D eigenvalue weighted by Gasteiger charge is 2.25. The number of ketones is 1. The number of hydrogen-bond acceptors (Lipinski definition) is 4. The lowest BCUT2D eigenvalue weighted by atomic mass is 10.0. The summed E-state index contributed by atoms with van der Waals surface area (Å²) in [5.74, 6) is 1.00. The lowest BCUT2D eigenvalue weighted by molar-refractivity contribution is -0.134. The van der Waals surface area contributed by atoms with Gasteiger partial charge in [0.05, 0.1) is 18.4 Å². The Morgan fingerprint density at radius 1 is 1.17 bits per heavy atom. The standard InChI is InChI=1S/C18H28N4O2/c1-14-17(15(2)23)12-19-22(14)13-20-7-9-21(10-8-20)18(24)11-16-5-3-4-6-16/h12,16H,3-11,13H2,1-2H3. The van der Waals surface area contributed by atoms with Crippen LogP contribution in [0, 0.1) is 12.8 Å². The van der Waals surface area contributed by atoms with Crippen molar-refractivity contribution in [2.75, 3.05) is 26.2 Å². The van der Waals surface area contributed by atoms with E-state index in [2.05, 4.69) is 10.00 Å². The number of amides is 1. The fourth-order valence-electron chi connectivity index (χ4n) is 3.85. The maximum absolute atomic E-state index is 12.4. The molecule has 0 aromatic carbocycles. The normalized spacial score (nSPS) is 19.8. The molecule has 6 nitrogen and oxygen atoms in total. The number of piperazine rings is 1. The van der Waals surface area contributed by atoms with Crippen molar-refractivity contribution < 1.29 is 9.59 Å². The van der Waals surface area contributed by atoms with Gasteiger partial charge in [0.1, 0.15) is 0 Å². The molecule has 1 saturated heterocycles. The number of hydrogen-bond donors (Lipinski definition) is 0. The number of nitrogens with zero attached hydrogens (tertiary/aromatic N) is 4. The molecule has 3 rings (SSSR count). The molecule has 0 bridgehead atoms. The number of rotatable bonds is 5. The molecule has 1 aromatic rings. The average Bonchev–Trinajstić information content (AvgIpc) is 3.19. The van der Waals surface area contributed by atoms with Gasteiger partial charge in [0.15, 0.2) is 5.78 Å². The van der Waals surface area contributed by atoms with Crippen molar-refractivity contribution in [3.63, 3.8) is 0 Å². The Kier molecular flexibility index (Phi) is 5.33. The van der Waals surface area contributed by atoms with Crippen molar-refractivity contribution in [3.05, 3.63) is 17.5 Å². The third-order valence-corrected chi connectivity index (χ3v) is 5.48. The van der Waals surface area contributed by atoms with E-state index >= 15 is 0 Å². The van der Waals surface area contributed by atoms with Crippen LogP contribution in [-0.4, -0.2) is 57.4 Å². The van der Waals surface area contributed by atoms with Crippen LogP contribution in [0.2, 0.25) is 0 Å². The first-order valence-corrected chi connectivity index (χ1v) is 9.08. The van der Waals surface area contributed by atoms with Crippen LogP contribution in [0.25, 0.3) is 0 Å². The quantitative estimate of drug-likeness (QED) is 0.775. The van der Waals surface area contributed by atoms with Gasteiger partial charge >= 0.3 is 0 Å². The summed E-state index contributed by atoms with van der Waals surface area (Å²) in [5.41, 5.74) is 1.61. The van der Waals surface area contributed by atoms with Gasteiger partial charge in [-0.1, -0.05) is 12.8 Å². The van der Waals surface area contributed by atoms with Crippen molar-refractivity contribution in [2.45, 2.75) is 52.6 Å². The van der Waals surface area contributed by atoms with Gasteiger partial charge in [-0.2, -0.15) is 5.10 Å². The molecule has 24 heavy (non-hydrogen) atoms. The van der Waals surface area contributed by atoms with Gasteiger partial charge in [0.25, 0.3) is 0 Å². The van der Waals surface area contributed by atoms with E-state index < -0.39 is 0 Å². The van der Waals surface area contributed by atoms with Crippen molar-refractivity contribution in [1.82, 2.24) is 19.6 Å². The summed E-state index contributed by atoms with van der Waals surface area (Å²) in [6.45, 7) is 7.52. The minimum atomic E-state index is 0.0566. The molecule has 2 aliphatic rings. The van der Waals surface area contributed by atoms with E-state index in [1.165, 1.54) is 25.7 Å². The smallest absolute Gasteiger partial charge is 0.222 e. The maximum Gasteiger partial charge on any atom is 0.222 e. The van der Waals surface area contributed by atoms with E-state index in [-0.39, 0.29) is 5.78 Å². The Bertz CT molecular complexity index is 596. The Balaban J connectivity index is 1.48. The Labute approximate surface area is 143 Å². The van der Waals surface area contributed by atoms with Gasteiger partial charge < -0.3 is 4.90 Å². The van der Waals surface area contributed by atoms with Crippen LogP contribution in [0.4, 0.5) is 0 Å². The van der Waals surface area contributed by atoms with Gasteiger partial charge in [0.2, 0.25) is 5.91 Å². The van der Waals surface area contributed by atoms with Gasteiger partial charge in [-0.25, -0.2) is 0 Å². The minimum absolute atomic E-state index is 0.0566. The van der Waals surface area contributed by atoms with Crippen LogP contribution < -0.4 is 0 Å². The highest BCUT2D eigenvalue weighted by molar-refractivity contribution is 5.94. The molecule has 1 aliphatic heterocycles. The summed E-state index contributed by atoms with van der Waals surface area (Å²) >= 11 is 0. The summed E-state index contributed by atoms with van der Waals surface area (Å²) in [6, 6.07) is 0. The number of aromatic nitrogens is 2. The second-order valence-electron chi connectivity index (χ2n) is 7.19. The van der Waals surface area contributed by atoms with E-state index in [4.69, 9.17) is 0 Å². The molecule has 2 heterocycles. The highest BCUT2D eigenvalue weighted by Crippen LogP contribution is 2.28. The van der Waals surface area contributed by atoms with Crippen LogP contribution in [0.5, 0.6) is 0 Å². The van der Waals surface area contributed by atoms with Gasteiger partial charge in [0, 0.05) is 38.3 Å². The number of carbonyl (C=O) groups is 2. The molecule has 6 heteroatoms. The predicted molar refractivity (Wildman–Crippen MR) is 91.7 cm³/mol. The van der Waals surface area contributed by atoms with Gasteiger partial charge in [-0.15, -0.1) is 0 Å². The van der Waals surface area contributed by atoms with E-state index in [0.717, 1.165) is 38.3 Å². The predicted octanol–water partition coefficient (Wildman–Crippen LogP) is 2.08. The minimum Gasteiger partial charge on any atom is -0.340 e. The van der Waals surface area contributed by atoms with E-state index in [1.807, 2.05) is 16.5 Å². The molecule has 1 aromatic heterocycles. The molecule has 0 spiro atoms. The lowest BCUT2D eigenvalue weighted by Gasteiger charge is -2.35. The van der Waals surface area contributed by atoms with Crippen LogP contribution in [0.1, 0.15) is 55.1 Å². The zero-order valence-electron chi connectivity index (χ0n) is 14.8. The number of Topliss-reactive ketones (excluding diaryl/α,β-unsaturated/α-hetero) is 1. The molecule has 132 valence electrons. The van der Waals surface area contributed by atoms with Crippen molar-refractivity contribution in [3.8, 4) is 0 Å². The Morgan fingerprint density at radius 3 is 2.42 bits per heavy atom. The Morgan fingerprint density at radius 2 is 1.83 bits per heavy atom. The molecule has 1 saturated carbocycles. The number of carbonyl (C=O) groups excluding carboxylic acids is 2. The first-order valence-electron chi connectivity index (χ1n) is 9.08. The van der Waals surface area contributed by atoms with E-state index in [9.17, 15) is 9.59 Å². The first-order chi connectivity index (χ1) is 11.5. The average molecular weight is 332 g/mol. The third kappa shape index (κ3) is 3.86. The zero-order valence-corrected chi connectivity index (χ0v) is 14.8. The molecule has 0 N–H and O–H groups in total. The molecule has 2 fully saturated rings. The van der Waals surface area contributed by atoms with Crippen molar-refractivity contribution >= 4 is 11.7 Å². The molecular formula is C18H28N4O2. The van der Waals surface area contributed by atoms with Crippen LogP contribution >= 0.6 is 0 Å². The van der Waals surface area contributed by atoms with Crippen LogP contribution in [0.15, 0.2) is 6.20 Å². The zero-order chi connectivity index (χ0) is 17.1. The molecule has 1 amide bonds. The summed E-state index contributed by atoms with van der Waals surface area (Å²) < 4.78 is 1.88. The fraction of sp³-hybridized carbons (Fsp3) is 0.722. The summed E-state index contributed by atoms with van der Waals surface area (Å²) in [6.07, 6.45) is 7.42. The van der Waals surface area contributed by atoms with E-state index in [1.54, 1.807) is 13.1 Å².